The van der Waals surface area contributed by atoms with Gasteiger partial charge in [-0.3, -0.25) is 4.79 Å². The van der Waals surface area contributed by atoms with Crippen molar-refractivity contribution < 1.29 is 9.18 Å². The van der Waals surface area contributed by atoms with E-state index in [0.29, 0.717) is 17.0 Å². The summed E-state index contributed by atoms with van der Waals surface area (Å²) in [4.78, 5) is 12.0. The van der Waals surface area contributed by atoms with Crippen LogP contribution < -0.4 is 0 Å². The molecule has 1 rings (SSSR count). The highest BCUT2D eigenvalue weighted by atomic mass is 35.5. The highest BCUT2D eigenvalue weighted by Crippen LogP contribution is 2.29. The van der Waals surface area contributed by atoms with Gasteiger partial charge in [-0.15, -0.1) is 0 Å². The number of ketones is 1. The topological polar surface area (TPSA) is 17.1 Å². The second kappa shape index (κ2) is 5.83. The SMILES string of the molecule is CC(CC(=O)Cc1cc(F)ccc1Cl)C(C)(C)C. The minimum atomic E-state index is -0.355. The molecule has 0 spiro atoms. The van der Waals surface area contributed by atoms with Crippen LogP contribution in [0.15, 0.2) is 18.2 Å². The zero-order chi connectivity index (χ0) is 13.9. The molecule has 0 aliphatic rings. The second-order valence-corrected chi connectivity index (χ2v) is 6.33. The van der Waals surface area contributed by atoms with E-state index in [2.05, 4.69) is 27.7 Å². The first kappa shape index (κ1) is 15.2. The number of carbonyl (C=O) groups is 1. The van der Waals surface area contributed by atoms with Crippen molar-refractivity contribution in [3.8, 4) is 0 Å². The summed E-state index contributed by atoms with van der Waals surface area (Å²) in [5.74, 6) is 0.0355. The molecule has 0 aliphatic carbocycles. The van der Waals surface area contributed by atoms with Crippen LogP contribution in [-0.2, 0) is 11.2 Å². The molecular formula is C15H20ClFO. The van der Waals surface area contributed by atoms with Gasteiger partial charge in [0.15, 0.2) is 0 Å². The number of rotatable bonds is 4. The van der Waals surface area contributed by atoms with Crippen molar-refractivity contribution in [2.75, 3.05) is 0 Å². The zero-order valence-electron chi connectivity index (χ0n) is 11.4. The molecule has 0 aromatic heterocycles. The third-order valence-corrected chi connectivity index (χ3v) is 3.78. The number of carbonyl (C=O) groups excluding carboxylic acids is 1. The highest BCUT2D eigenvalue weighted by Gasteiger charge is 2.22. The number of hydrogen-bond acceptors (Lipinski definition) is 1. The molecule has 1 aromatic rings. The number of hydrogen-bond donors (Lipinski definition) is 0. The van der Waals surface area contributed by atoms with E-state index in [1.165, 1.54) is 18.2 Å². The van der Waals surface area contributed by atoms with Crippen LogP contribution in [0.25, 0.3) is 0 Å². The van der Waals surface area contributed by atoms with Crippen LogP contribution in [0.1, 0.15) is 39.7 Å². The lowest BCUT2D eigenvalue weighted by Gasteiger charge is -2.26. The van der Waals surface area contributed by atoms with Gasteiger partial charge in [-0.2, -0.15) is 0 Å². The molecule has 0 heterocycles. The Balaban J connectivity index is 2.68. The van der Waals surface area contributed by atoms with Gasteiger partial charge in [0, 0.05) is 17.9 Å². The maximum Gasteiger partial charge on any atom is 0.137 e. The normalized spacial score (nSPS) is 13.4. The fourth-order valence-corrected chi connectivity index (χ4v) is 1.80. The predicted molar refractivity (Wildman–Crippen MR) is 73.4 cm³/mol. The van der Waals surface area contributed by atoms with Crippen molar-refractivity contribution in [2.24, 2.45) is 11.3 Å². The average molecular weight is 271 g/mol. The molecule has 0 aliphatic heterocycles. The van der Waals surface area contributed by atoms with Gasteiger partial charge in [-0.05, 0) is 35.1 Å². The first-order chi connectivity index (χ1) is 8.20. The Morgan fingerprint density at radius 3 is 2.56 bits per heavy atom. The first-order valence-corrected chi connectivity index (χ1v) is 6.53. The summed E-state index contributed by atoms with van der Waals surface area (Å²) < 4.78 is 13.1. The van der Waals surface area contributed by atoms with E-state index >= 15 is 0 Å². The van der Waals surface area contributed by atoms with E-state index in [0.717, 1.165) is 0 Å². The molecule has 18 heavy (non-hydrogen) atoms. The van der Waals surface area contributed by atoms with Crippen LogP contribution in [0.5, 0.6) is 0 Å². The van der Waals surface area contributed by atoms with E-state index in [9.17, 15) is 9.18 Å². The predicted octanol–water partition coefficient (Wildman–Crippen LogP) is 4.66. The summed E-state index contributed by atoms with van der Waals surface area (Å²) in [7, 11) is 0. The highest BCUT2D eigenvalue weighted by molar-refractivity contribution is 6.31. The summed E-state index contributed by atoms with van der Waals surface area (Å²) in [6, 6.07) is 4.13. The lowest BCUT2D eigenvalue weighted by Crippen LogP contribution is -2.21. The number of benzene rings is 1. The van der Waals surface area contributed by atoms with Crippen LogP contribution in [0, 0.1) is 17.2 Å². The lowest BCUT2D eigenvalue weighted by atomic mass is 9.79. The summed E-state index contributed by atoms with van der Waals surface area (Å²) in [5.41, 5.74) is 0.671. The minimum absolute atomic E-state index is 0.0986. The Kier molecular flexibility index (Phi) is 4.92. The molecule has 100 valence electrons. The molecule has 0 saturated heterocycles. The molecule has 0 fully saturated rings. The third kappa shape index (κ3) is 4.41. The lowest BCUT2D eigenvalue weighted by molar-refractivity contribution is -0.120. The standard InChI is InChI=1S/C15H20ClFO/c1-10(15(2,3)4)7-13(18)9-11-8-12(17)5-6-14(11)16/h5-6,8,10H,7,9H2,1-4H3. The van der Waals surface area contributed by atoms with Gasteiger partial charge in [0.2, 0.25) is 0 Å². The number of Topliss-reactive ketones (excluding diaryl/α,β-unsaturated/α-hetero) is 1. The van der Waals surface area contributed by atoms with E-state index in [4.69, 9.17) is 11.6 Å². The molecule has 0 N–H and O–H groups in total. The molecule has 0 saturated carbocycles. The summed E-state index contributed by atoms with van der Waals surface area (Å²) in [6.07, 6.45) is 0.702. The Hall–Kier alpha value is -0.890. The third-order valence-electron chi connectivity index (χ3n) is 3.41. The summed E-state index contributed by atoms with van der Waals surface area (Å²) >= 11 is 5.95. The van der Waals surface area contributed by atoms with E-state index < -0.39 is 0 Å². The number of halogens is 2. The average Bonchev–Trinajstić information content (AvgIpc) is 2.22. The second-order valence-electron chi connectivity index (χ2n) is 5.92. The molecule has 1 unspecified atom stereocenters. The Morgan fingerprint density at radius 1 is 1.39 bits per heavy atom. The van der Waals surface area contributed by atoms with Gasteiger partial charge in [-0.25, -0.2) is 4.39 Å². The molecule has 0 amide bonds. The van der Waals surface area contributed by atoms with Gasteiger partial charge in [-0.1, -0.05) is 39.3 Å². The van der Waals surface area contributed by atoms with Crippen molar-refractivity contribution in [1.82, 2.24) is 0 Å². The fourth-order valence-electron chi connectivity index (χ4n) is 1.61. The van der Waals surface area contributed by atoms with E-state index in [1.807, 2.05) is 0 Å². The summed E-state index contributed by atoms with van der Waals surface area (Å²) in [5, 5.41) is 0.452. The monoisotopic (exact) mass is 270 g/mol. The Labute approximate surface area is 113 Å². The molecule has 1 aromatic carbocycles. The van der Waals surface area contributed by atoms with Crippen molar-refractivity contribution in [3.63, 3.8) is 0 Å². The van der Waals surface area contributed by atoms with Crippen molar-refractivity contribution in [3.05, 3.63) is 34.6 Å². The zero-order valence-corrected chi connectivity index (χ0v) is 12.1. The smallest absolute Gasteiger partial charge is 0.137 e. The largest absolute Gasteiger partial charge is 0.299 e. The molecule has 0 radical (unpaired) electrons. The van der Waals surface area contributed by atoms with E-state index in [-0.39, 0.29) is 29.4 Å². The maximum atomic E-state index is 13.1. The van der Waals surface area contributed by atoms with Gasteiger partial charge < -0.3 is 0 Å². The van der Waals surface area contributed by atoms with Crippen LogP contribution in [0.4, 0.5) is 4.39 Å². The van der Waals surface area contributed by atoms with Crippen LogP contribution >= 0.6 is 11.6 Å². The van der Waals surface area contributed by atoms with Crippen LogP contribution in [0.3, 0.4) is 0 Å². The van der Waals surface area contributed by atoms with Gasteiger partial charge in [0.25, 0.3) is 0 Å². The van der Waals surface area contributed by atoms with Gasteiger partial charge in [0.05, 0.1) is 0 Å². The Bertz CT molecular complexity index is 435. The minimum Gasteiger partial charge on any atom is -0.299 e. The maximum absolute atomic E-state index is 13.1. The van der Waals surface area contributed by atoms with E-state index in [1.54, 1.807) is 0 Å². The molecule has 1 nitrogen and oxygen atoms in total. The summed E-state index contributed by atoms with van der Waals surface area (Å²) in [6.45, 7) is 8.39. The molecule has 0 bridgehead atoms. The van der Waals surface area contributed by atoms with Gasteiger partial charge in [0.1, 0.15) is 11.6 Å². The quantitative estimate of drug-likeness (QED) is 0.777. The van der Waals surface area contributed by atoms with Crippen LogP contribution in [0.2, 0.25) is 5.02 Å². The molecule has 3 heteroatoms. The van der Waals surface area contributed by atoms with Crippen molar-refractivity contribution in [1.29, 1.82) is 0 Å². The Morgan fingerprint density at radius 2 is 2.00 bits per heavy atom. The van der Waals surface area contributed by atoms with Crippen LogP contribution in [-0.4, -0.2) is 5.78 Å². The fraction of sp³-hybridized carbons (Fsp3) is 0.533. The van der Waals surface area contributed by atoms with Crippen molar-refractivity contribution >= 4 is 17.4 Å². The van der Waals surface area contributed by atoms with Gasteiger partial charge >= 0.3 is 0 Å². The first-order valence-electron chi connectivity index (χ1n) is 6.16. The molecular weight excluding hydrogens is 251 g/mol. The van der Waals surface area contributed by atoms with Crippen molar-refractivity contribution in [2.45, 2.75) is 40.5 Å². The molecule has 1 atom stereocenters.